The Morgan fingerprint density at radius 3 is 2.25 bits per heavy atom. The maximum absolute atomic E-state index is 12.7. The summed E-state index contributed by atoms with van der Waals surface area (Å²) in [4.78, 5) is 11.2. The minimum Gasteiger partial charge on any atom is -0.497 e. The van der Waals surface area contributed by atoms with Crippen LogP contribution in [0.5, 0.6) is 11.5 Å². The molecule has 1 saturated heterocycles. The lowest BCUT2D eigenvalue weighted by atomic mass is 10.1. The minimum atomic E-state index is -3.72. The van der Waals surface area contributed by atoms with Crippen molar-refractivity contribution in [3.8, 4) is 22.8 Å². The summed E-state index contributed by atoms with van der Waals surface area (Å²) in [7, 11) is -2.19. The first-order valence-electron chi connectivity index (χ1n) is 12.9. The maximum Gasteiger partial charge on any atom is 0.261 e. The largest absolute Gasteiger partial charge is 0.497 e. The molecule has 40 heavy (non-hydrogen) atoms. The topological polar surface area (TPSA) is 115 Å². The highest BCUT2D eigenvalue weighted by Crippen LogP contribution is 2.25. The summed E-state index contributed by atoms with van der Waals surface area (Å²) < 4.78 is 44.3. The summed E-state index contributed by atoms with van der Waals surface area (Å²) in [5.41, 5.74) is 2.90. The van der Waals surface area contributed by atoms with Gasteiger partial charge in [-0.1, -0.05) is 0 Å². The quantitative estimate of drug-likeness (QED) is 0.275. The van der Waals surface area contributed by atoms with Gasteiger partial charge in [-0.05, 0) is 72.8 Å². The summed E-state index contributed by atoms with van der Waals surface area (Å²) in [5, 5.41) is 3.24. The van der Waals surface area contributed by atoms with Crippen LogP contribution in [0.1, 0.15) is 0 Å². The number of hydrogen-bond acceptors (Lipinski definition) is 9. The lowest BCUT2D eigenvalue weighted by Gasteiger charge is -2.26. The average molecular weight is 562 g/mol. The lowest BCUT2D eigenvalue weighted by Crippen LogP contribution is -2.38. The van der Waals surface area contributed by atoms with Gasteiger partial charge in [0, 0.05) is 42.6 Å². The predicted octanol–water partition coefficient (Wildman–Crippen LogP) is 4.41. The van der Waals surface area contributed by atoms with E-state index in [1.54, 1.807) is 36.4 Å². The van der Waals surface area contributed by atoms with Gasteiger partial charge < -0.3 is 19.5 Å². The first kappa shape index (κ1) is 27.4. The average Bonchev–Trinajstić information content (AvgIpc) is 2.99. The third-order valence-electron chi connectivity index (χ3n) is 6.38. The van der Waals surface area contributed by atoms with E-state index >= 15 is 0 Å². The first-order valence-corrected chi connectivity index (χ1v) is 14.4. The van der Waals surface area contributed by atoms with Gasteiger partial charge in [0.2, 0.25) is 0 Å². The van der Waals surface area contributed by atoms with Gasteiger partial charge in [0.15, 0.2) is 0 Å². The SMILES string of the molecule is COc1ccc(S(=O)(=O)Nc2ccc(Nc3cc(-c4ccc(OCCN5CCOCC5)cc4)ncn3)cc2)cc1. The molecule has 0 bridgehead atoms. The van der Waals surface area contributed by atoms with Gasteiger partial charge >= 0.3 is 0 Å². The molecule has 0 saturated carbocycles. The molecular formula is C29H31N5O5S. The van der Waals surface area contributed by atoms with E-state index in [1.807, 2.05) is 30.3 Å². The minimum absolute atomic E-state index is 0.150. The number of anilines is 3. The van der Waals surface area contributed by atoms with E-state index in [2.05, 4.69) is 24.9 Å². The van der Waals surface area contributed by atoms with Gasteiger partial charge in [-0.15, -0.1) is 0 Å². The zero-order valence-electron chi connectivity index (χ0n) is 22.1. The summed E-state index contributed by atoms with van der Waals surface area (Å²) >= 11 is 0. The number of ether oxygens (including phenoxy) is 3. The Morgan fingerprint density at radius 1 is 0.875 bits per heavy atom. The molecule has 1 fully saturated rings. The van der Waals surface area contributed by atoms with Crippen LogP contribution < -0.4 is 19.5 Å². The molecule has 10 nitrogen and oxygen atoms in total. The molecule has 1 aromatic heterocycles. The highest BCUT2D eigenvalue weighted by Gasteiger charge is 2.14. The Balaban J connectivity index is 1.17. The fourth-order valence-electron chi connectivity index (χ4n) is 4.16. The highest BCUT2D eigenvalue weighted by atomic mass is 32.2. The van der Waals surface area contributed by atoms with Gasteiger partial charge in [-0.25, -0.2) is 18.4 Å². The lowest BCUT2D eigenvalue weighted by molar-refractivity contribution is 0.0322. The van der Waals surface area contributed by atoms with Crippen molar-refractivity contribution < 1.29 is 22.6 Å². The fourth-order valence-corrected chi connectivity index (χ4v) is 5.22. The summed E-state index contributed by atoms with van der Waals surface area (Å²) in [6.45, 7) is 4.95. The molecule has 0 amide bonds. The molecule has 0 radical (unpaired) electrons. The summed E-state index contributed by atoms with van der Waals surface area (Å²) in [6, 6.07) is 22.8. The molecule has 0 atom stereocenters. The number of sulfonamides is 1. The van der Waals surface area contributed by atoms with Crippen LogP contribution >= 0.6 is 0 Å². The molecule has 0 aliphatic carbocycles. The molecule has 2 N–H and O–H groups in total. The van der Waals surface area contributed by atoms with Crippen LogP contribution in [0.25, 0.3) is 11.3 Å². The Labute approximate surface area is 234 Å². The number of nitrogens with zero attached hydrogens (tertiary/aromatic N) is 3. The van der Waals surface area contributed by atoms with Gasteiger partial charge in [-0.3, -0.25) is 9.62 Å². The number of methoxy groups -OCH3 is 1. The molecule has 1 aliphatic heterocycles. The number of rotatable bonds is 11. The smallest absolute Gasteiger partial charge is 0.261 e. The van der Waals surface area contributed by atoms with Crippen molar-refractivity contribution in [2.75, 3.05) is 56.6 Å². The second kappa shape index (κ2) is 12.8. The molecule has 3 aromatic carbocycles. The molecule has 1 aliphatic rings. The Hall–Kier alpha value is -4.19. The molecule has 5 rings (SSSR count). The van der Waals surface area contributed by atoms with Crippen LogP contribution in [0.3, 0.4) is 0 Å². The van der Waals surface area contributed by atoms with Gasteiger partial charge in [0.05, 0.1) is 30.9 Å². The van der Waals surface area contributed by atoms with Crippen LogP contribution in [-0.4, -0.2) is 69.9 Å². The van der Waals surface area contributed by atoms with E-state index < -0.39 is 10.0 Å². The van der Waals surface area contributed by atoms with Crippen molar-refractivity contribution in [1.29, 1.82) is 0 Å². The van der Waals surface area contributed by atoms with Gasteiger partial charge in [-0.2, -0.15) is 0 Å². The van der Waals surface area contributed by atoms with Crippen LogP contribution in [-0.2, 0) is 14.8 Å². The van der Waals surface area contributed by atoms with Crippen molar-refractivity contribution in [3.63, 3.8) is 0 Å². The van der Waals surface area contributed by atoms with E-state index in [9.17, 15) is 8.42 Å². The standard InChI is InChI=1S/C29H31N5O5S/c1-37-25-10-12-27(13-11-25)40(35,36)33-24-6-4-23(5-7-24)32-29-20-28(30-21-31-29)22-2-8-26(9-3-22)39-19-16-34-14-17-38-18-15-34/h2-13,20-21,33H,14-19H2,1H3,(H,30,31,32). The second-order valence-electron chi connectivity index (χ2n) is 9.10. The number of morpholine rings is 1. The molecule has 2 heterocycles. The molecule has 4 aromatic rings. The van der Waals surface area contributed by atoms with Gasteiger partial charge in [0.25, 0.3) is 10.0 Å². The van der Waals surface area contributed by atoms with Crippen LogP contribution in [0.15, 0.2) is 90.1 Å². The van der Waals surface area contributed by atoms with Crippen molar-refractivity contribution in [1.82, 2.24) is 14.9 Å². The van der Waals surface area contributed by atoms with Crippen molar-refractivity contribution in [2.45, 2.75) is 4.90 Å². The van der Waals surface area contributed by atoms with E-state index in [1.165, 1.54) is 25.6 Å². The highest BCUT2D eigenvalue weighted by molar-refractivity contribution is 7.92. The van der Waals surface area contributed by atoms with E-state index in [0.717, 1.165) is 55.5 Å². The normalized spacial score (nSPS) is 13.9. The van der Waals surface area contributed by atoms with Crippen LogP contribution in [0.2, 0.25) is 0 Å². The third kappa shape index (κ3) is 7.26. The maximum atomic E-state index is 12.7. The van der Waals surface area contributed by atoms with Crippen molar-refractivity contribution >= 4 is 27.2 Å². The zero-order valence-corrected chi connectivity index (χ0v) is 22.9. The zero-order chi connectivity index (χ0) is 27.8. The monoisotopic (exact) mass is 561 g/mol. The number of aromatic nitrogens is 2. The number of nitrogens with one attached hydrogen (secondary N) is 2. The predicted molar refractivity (Wildman–Crippen MR) is 154 cm³/mol. The first-order chi connectivity index (χ1) is 19.5. The van der Waals surface area contributed by atoms with E-state index in [0.29, 0.717) is 23.9 Å². The molecule has 11 heteroatoms. The summed E-state index contributed by atoms with van der Waals surface area (Å²) in [5.74, 6) is 2.01. The number of benzene rings is 3. The Bertz CT molecular complexity index is 1490. The molecule has 0 unspecified atom stereocenters. The third-order valence-corrected chi connectivity index (χ3v) is 7.77. The fraction of sp³-hybridized carbons (Fsp3) is 0.241. The Kier molecular flexibility index (Phi) is 8.74. The van der Waals surface area contributed by atoms with Crippen LogP contribution in [0, 0.1) is 0 Å². The molecule has 208 valence electrons. The summed E-state index contributed by atoms with van der Waals surface area (Å²) in [6.07, 6.45) is 1.50. The van der Waals surface area contributed by atoms with E-state index in [-0.39, 0.29) is 4.90 Å². The van der Waals surface area contributed by atoms with Crippen molar-refractivity contribution in [3.05, 3.63) is 85.2 Å². The molecule has 0 spiro atoms. The Morgan fingerprint density at radius 2 is 1.55 bits per heavy atom. The van der Waals surface area contributed by atoms with Crippen molar-refractivity contribution in [2.24, 2.45) is 0 Å². The number of hydrogen-bond donors (Lipinski definition) is 2. The second-order valence-corrected chi connectivity index (χ2v) is 10.8. The molecular weight excluding hydrogens is 530 g/mol. The van der Waals surface area contributed by atoms with E-state index in [4.69, 9.17) is 14.2 Å². The van der Waals surface area contributed by atoms with Crippen LogP contribution in [0.4, 0.5) is 17.2 Å². The van der Waals surface area contributed by atoms with Gasteiger partial charge in [0.1, 0.15) is 30.3 Å².